The molecule has 6 heteroatoms. The van der Waals surface area contributed by atoms with E-state index in [1.807, 2.05) is 24.3 Å². The first kappa shape index (κ1) is 18.9. The molecule has 27 heavy (non-hydrogen) atoms. The van der Waals surface area contributed by atoms with Gasteiger partial charge in [0.2, 0.25) is 5.75 Å². The average Bonchev–Trinajstić information content (AvgIpc) is 3.01. The van der Waals surface area contributed by atoms with E-state index in [4.69, 9.17) is 18.9 Å². The van der Waals surface area contributed by atoms with Crippen molar-refractivity contribution in [1.82, 2.24) is 0 Å². The van der Waals surface area contributed by atoms with E-state index in [9.17, 15) is 9.90 Å². The van der Waals surface area contributed by atoms with Crippen LogP contribution in [-0.4, -0.2) is 39.0 Å². The van der Waals surface area contributed by atoms with Crippen molar-refractivity contribution < 1.29 is 28.8 Å². The molecule has 0 spiro atoms. The summed E-state index contributed by atoms with van der Waals surface area (Å²) in [5.41, 5.74) is 1.92. The minimum Gasteiger partial charge on any atom is -0.504 e. The Balaban J connectivity index is 1.77. The van der Waals surface area contributed by atoms with Gasteiger partial charge in [-0.2, -0.15) is 0 Å². The van der Waals surface area contributed by atoms with Crippen molar-refractivity contribution >= 4 is 5.97 Å². The number of hydrogen-bond donors (Lipinski definition) is 1. The summed E-state index contributed by atoms with van der Waals surface area (Å²) < 4.78 is 20.9. The van der Waals surface area contributed by atoms with E-state index in [0.29, 0.717) is 18.8 Å². The molecule has 0 saturated carbocycles. The molecule has 2 aromatic carbocycles. The molecule has 0 aliphatic carbocycles. The Bertz CT molecular complexity index is 799. The van der Waals surface area contributed by atoms with Gasteiger partial charge < -0.3 is 24.1 Å². The molecular formula is C21H24O6. The van der Waals surface area contributed by atoms with Crippen molar-refractivity contribution in [3.05, 3.63) is 47.5 Å². The van der Waals surface area contributed by atoms with E-state index in [2.05, 4.69) is 0 Å². The highest BCUT2D eigenvalue weighted by Gasteiger charge is 2.37. The summed E-state index contributed by atoms with van der Waals surface area (Å²) in [6.45, 7) is 0.398. The maximum absolute atomic E-state index is 12.3. The molecule has 1 aliphatic heterocycles. The van der Waals surface area contributed by atoms with Gasteiger partial charge in [0.15, 0.2) is 11.5 Å². The zero-order valence-corrected chi connectivity index (χ0v) is 15.7. The number of phenolic OH excluding ortho intramolecular Hbond substituents is 1. The topological polar surface area (TPSA) is 74.2 Å². The molecule has 2 unspecified atom stereocenters. The van der Waals surface area contributed by atoms with Crippen molar-refractivity contribution in [1.29, 1.82) is 0 Å². The quantitative estimate of drug-likeness (QED) is 0.753. The van der Waals surface area contributed by atoms with Crippen LogP contribution in [0.3, 0.4) is 0 Å². The Morgan fingerprint density at radius 1 is 1.00 bits per heavy atom. The largest absolute Gasteiger partial charge is 0.504 e. The first-order valence-corrected chi connectivity index (χ1v) is 8.79. The lowest BCUT2D eigenvalue weighted by atomic mass is 9.85. The highest BCUT2D eigenvalue weighted by molar-refractivity contribution is 5.75. The number of aromatic hydroxyl groups is 1. The van der Waals surface area contributed by atoms with E-state index >= 15 is 0 Å². The zero-order chi connectivity index (χ0) is 19.4. The van der Waals surface area contributed by atoms with E-state index in [0.717, 1.165) is 23.3 Å². The van der Waals surface area contributed by atoms with Crippen LogP contribution in [-0.2, 0) is 22.4 Å². The average molecular weight is 372 g/mol. The maximum atomic E-state index is 12.3. The van der Waals surface area contributed by atoms with Gasteiger partial charge in [0.1, 0.15) is 5.75 Å². The number of methoxy groups -OCH3 is 3. The molecule has 1 N–H and O–H groups in total. The van der Waals surface area contributed by atoms with E-state index in [1.54, 1.807) is 19.2 Å². The molecule has 2 atom stereocenters. The number of benzene rings is 2. The minimum absolute atomic E-state index is 0.00933. The number of esters is 1. The third kappa shape index (κ3) is 4.10. The summed E-state index contributed by atoms with van der Waals surface area (Å²) in [6, 6.07) is 11.2. The molecule has 144 valence electrons. The third-order valence-electron chi connectivity index (χ3n) is 4.94. The monoisotopic (exact) mass is 372 g/mol. The van der Waals surface area contributed by atoms with E-state index < -0.39 is 0 Å². The lowest BCUT2D eigenvalue weighted by Gasteiger charge is -2.17. The van der Waals surface area contributed by atoms with Crippen LogP contribution >= 0.6 is 0 Å². The summed E-state index contributed by atoms with van der Waals surface area (Å²) in [6.07, 6.45) is 1.20. The Morgan fingerprint density at radius 3 is 2.37 bits per heavy atom. The van der Waals surface area contributed by atoms with Crippen LogP contribution in [0.2, 0.25) is 0 Å². The van der Waals surface area contributed by atoms with Crippen LogP contribution < -0.4 is 14.2 Å². The normalized spacial score (nSPS) is 18.9. The summed E-state index contributed by atoms with van der Waals surface area (Å²) >= 11 is 0. The second kappa shape index (κ2) is 8.20. The molecule has 0 bridgehead atoms. The molecule has 1 fully saturated rings. The summed E-state index contributed by atoms with van der Waals surface area (Å²) in [5.74, 6) is 1.10. The molecule has 3 rings (SSSR count). The Kier molecular flexibility index (Phi) is 5.74. The number of carbonyl (C=O) groups is 1. The fourth-order valence-corrected chi connectivity index (χ4v) is 3.49. The smallest absolute Gasteiger partial charge is 0.309 e. The Labute approximate surface area is 158 Å². The Morgan fingerprint density at radius 2 is 1.74 bits per heavy atom. The molecule has 1 heterocycles. The molecule has 0 aromatic heterocycles. The van der Waals surface area contributed by atoms with Gasteiger partial charge in [-0.05, 0) is 48.2 Å². The summed E-state index contributed by atoms with van der Waals surface area (Å²) in [5, 5.41) is 10.2. The number of hydrogen-bond acceptors (Lipinski definition) is 6. The van der Waals surface area contributed by atoms with Gasteiger partial charge in [-0.1, -0.05) is 12.1 Å². The second-order valence-electron chi connectivity index (χ2n) is 6.60. The fourth-order valence-electron chi connectivity index (χ4n) is 3.49. The van der Waals surface area contributed by atoms with Crippen LogP contribution in [0.4, 0.5) is 0 Å². The van der Waals surface area contributed by atoms with E-state index in [-0.39, 0.29) is 29.3 Å². The zero-order valence-electron chi connectivity index (χ0n) is 15.7. The lowest BCUT2D eigenvalue weighted by Crippen LogP contribution is -2.20. The van der Waals surface area contributed by atoms with Gasteiger partial charge in [-0.25, -0.2) is 0 Å². The van der Waals surface area contributed by atoms with Crippen LogP contribution in [0.1, 0.15) is 11.1 Å². The number of phenols is 1. The standard InChI is InChI=1S/C21H24O6/c1-24-16-6-4-13(5-7-16)8-15-12-27-21(23)17(15)9-14-10-18(22)20(26-3)19(11-14)25-2/h4-7,10-11,15,17,22H,8-9,12H2,1-3H3. The number of carbonyl (C=O) groups excluding carboxylic acids is 1. The third-order valence-corrected chi connectivity index (χ3v) is 4.94. The molecular weight excluding hydrogens is 348 g/mol. The van der Waals surface area contributed by atoms with Crippen molar-refractivity contribution in [3.63, 3.8) is 0 Å². The van der Waals surface area contributed by atoms with Crippen molar-refractivity contribution in [3.8, 4) is 23.0 Å². The number of rotatable bonds is 7. The van der Waals surface area contributed by atoms with Gasteiger partial charge >= 0.3 is 5.97 Å². The summed E-state index contributed by atoms with van der Waals surface area (Å²) in [7, 11) is 4.61. The van der Waals surface area contributed by atoms with Crippen molar-refractivity contribution in [2.45, 2.75) is 12.8 Å². The van der Waals surface area contributed by atoms with Gasteiger partial charge in [0.05, 0.1) is 33.9 Å². The lowest BCUT2D eigenvalue weighted by molar-refractivity contribution is -0.141. The highest BCUT2D eigenvalue weighted by atomic mass is 16.5. The number of cyclic esters (lactones) is 1. The highest BCUT2D eigenvalue weighted by Crippen LogP contribution is 2.39. The maximum Gasteiger partial charge on any atom is 0.309 e. The Hall–Kier alpha value is -2.89. The predicted molar refractivity (Wildman–Crippen MR) is 99.6 cm³/mol. The SMILES string of the molecule is COc1ccc(CC2COC(=O)C2Cc2cc(O)c(OC)c(OC)c2)cc1. The fraction of sp³-hybridized carbons (Fsp3) is 0.381. The first-order valence-electron chi connectivity index (χ1n) is 8.79. The molecule has 6 nitrogen and oxygen atoms in total. The first-order chi connectivity index (χ1) is 13.0. The van der Waals surface area contributed by atoms with E-state index in [1.165, 1.54) is 14.2 Å². The van der Waals surface area contributed by atoms with Crippen LogP contribution in [0, 0.1) is 11.8 Å². The molecule has 1 saturated heterocycles. The van der Waals surface area contributed by atoms with Gasteiger partial charge in [-0.3, -0.25) is 4.79 Å². The molecule has 1 aliphatic rings. The molecule has 2 aromatic rings. The summed E-state index contributed by atoms with van der Waals surface area (Å²) in [4.78, 5) is 12.3. The van der Waals surface area contributed by atoms with Crippen LogP contribution in [0.25, 0.3) is 0 Å². The van der Waals surface area contributed by atoms with Crippen LogP contribution in [0.15, 0.2) is 36.4 Å². The van der Waals surface area contributed by atoms with Crippen molar-refractivity contribution in [2.75, 3.05) is 27.9 Å². The predicted octanol–water partition coefficient (Wildman–Crippen LogP) is 2.99. The van der Waals surface area contributed by atoms with Gasteiger partial charge in [0, 0.05) is 5.92 Å². The minimum atomic E-state index is -0.274. The second-order valence-corrected chi connectivity index (χ2v) is 6.60. The molecule has 0 amide bonds. The molecule has 0 radical (unpaired) electrons. The van der Waals surface area contributed by atoms with Crippen LogP contribution in [0.5, 0.6) is 23.0 Å². The van der Waals surface area contributed by atoms with Gasteiger partial charge in [-0.15, -0.1) is 0 Å². The number of ether oxygens (including phenoxy) is 4. The van der Waals surface area contributed by atoms with Gasteiger partial charge in [0.25, 0.3) is 0 Å². The van der Waals surface area contributed by atoms with Crippen molar-refractivity contribution in [2.24, 2.45) is 11.8 Å².